The minimum atomic E-state index is -1.21. The molecule has 1 amide bonds. The average molecular weight is 450 g/mol. The summed E-state index contributed by atoms with van der Waals surface area (Å²) in [5.74, 6) is 1.08. The van der Waals surface area contributed by atoms with Gasteiger partial charge in [0.1, 0.15) is 23.5 Å². The Labute approximate surface area is 188 Å². The van der Waals surface area contributed by atoms with E-state index in [-0.39, 0.29) is 18.9 Å². The van der Waals surface area contributed by atoms with Gasteiger partial charge in [-0.2, -0.15) is 0 Å². The molecule has 1 fully saturated rings. The molecule has 1 aliphatic rings. The van der Waals surface area contributed by atoms with Gasteiger partial charge in [-0.15, -0.1) is 0 Å². The van der Waals surface area contributed by atoms with Gasteiger partial charge in [-0.1, -0.05) is 26.0 Å². The molecule has 2 aromatic rings. The largest absolute Gasteiger partial charge is 0.493 e. The zero-order chi connectivity index (χ0) is 23.5. The van der Waals surface area contributed by atoms with Gasteiger partial charge in [-0.3, -0.25) is 4.90 Å². The van der Waals surface area contributed by atoms with Crippen molar-refractivity contribution in [2.75, 3.05) is 26.7 Å². The number of halogens is 2. The predicted octanol–water partition coefficient (Wildman–Crippen LogP) is 4.14. The summed E-state index contributed by atoms with van der Waals surface area (Å²) in [6.45, 7) is 5.65. The van der Waals surface area contributed by atoms with E-state index in [0.717, 1.165) is 0 Å². The van der Waals surface area contributed by atoms with Crippen molar-refractivity contribution >= 4 is 6.09 Å². The number of nitrogens with one attached hydrogen (secondary N) is 1. The SMILES string of the molecule is CC(C)COc1ccc(OC(=O)N(Cc2ccc(F)cc2)[C@@H]2CCNC[C@@H]2F)cc1.CN. The Balaban J connectivity index is 0.00000176. The molecule has 6 nitrogen and oxygen atoms in total. The quantitative estimate of drug-likeness (QED) is 0.665. The number of alkyl halides is 1. The Morgan fingerprint density at radius 1 is 1.12 bits per heavy atom. The molecule has 1 saturated heterocycles. The Kier molecular flexibility index (Phi) is 10.4. The second-order valence-electron chi connectivity index (χ2n) is 7.87. The normalized spacial score (nSPS) is 17.8. The Bertz CT molecular complexity index is 816. The van der Waals surface area contributed by atoms with Gasteiger partial charge in [-0.05, 0) is 67.9 Å². The third-order valence-electron chi connectivity index (χ3n) is 4.89. The maximum atomic E-state index is 14.6. The lowest BCUT2D eigenvalue weighted by Crippen LogP contribution is -2.53. The lowest BCUT2D eigenvalue weighted by Gasteiger charge is -2.36. The summed E-state index contributed by atoms with van der Waals surface area (Å²) < 4.78 is 39.0. The molecule has 176 valence electrons. The third kappa shape index (κ3) is 7.76. The van der Waals surface area contributed by atoms with Crippen LogP contribution in [-0.4, -0.2) is 50.0 Å². The van der Waals surface area contributed by atoms with E-state index in [4.69, 9.17) is 9.47 Å². The number of ether oxygens (including phenoxy) is 2. The second kappa shape index (κ2) is 13.0. The maximum absolute atomic E-state index is 14.6. The number of nitrogens with two attached hydrogens (primary N) is 1. The van der Waals surface area contributed by atoms with Crippen molar-refractivity contribution in [2.45, 2.75) is 39.0 Å². The molecule has 32 heavy (non-hydrogen) atoms. The number of hydrogen-bond acceptors (Lipinski definition) is 5. The smallest absolute Gasteiger partial charge is 0.415 e. The van der Waals surface area contributed by atoms with Gasteiger partial charge in [0.2, 0.25) is 0 Å². The highest BCUT2D eigenvalue weighted by Crippen LogP contribution is 2.23. The van der Waals surface area contributed by atoms with Crippen LogP contribution in [0.15, 0.2) is 48.5 Å². The van der Waals surface area contributed by atoms with Gasteiger partial charge < -0.3 is 20.5 Å². The van der Waals surface area contributed by atoms with Crippen LogP contribution in [0, 0.1) is 11.7 Å². The molecule has 0 spiro atoms. The van der Waals surface area contributed by atoms with E-state index in [1.54, 1.807) is 36.4 Å². The molecule has 8 heteroatoms. The molecule has 1 heterocycles. The first-order valence-corrected chi connectivity index (χ1v) is 10.8. The Morgan fingerprint density at radius 2 is 1.75 bits per heavy atom. The summed E-state index contributed by atoms with van der Waals surface area (Å²) in [5.41, 5.74) is 5.21. The topological polar surface area (TPSA) is 76.8 Å². The van der Waals surface area contributed by atoms with Crippen molar-refractivity contribution in [1.29, 1.82) is 0 Å². The van der Waals surface area contributed by atoms with E-state index in [1.165, 1.54) is 24.1 Å². The Morgan fingerprint density at radius 3 is 2.34 bits per heavy atom. The highest BCUT2D eigenvalue weighted by atomic mass is 19.1. The number of amides is 1. The predicted molar refractivity (Wildman–Crippen MR) is 121 cm³/mol. The molecule has 0 radical (unpaired) electrons. The van der Waals surface area contributed by atoms with Crippen molar-refractivity contribution < 1.29 is 23.0 Å². The van der Waals surface area contributed by atoms with Crippen molar-refractivity contribution in [3.05, 3.63) is 59.9 Å². The van der Waals surface area contributed by atoms with Crippen molar-refractivity contribution in [3.63, 3.8) is 0 Å². The van der Waals surface area contributed by atoms with Crippen LogP contribution in [0.3, 0.4) is 0 Å². The van der Waals surface area contributed by atoms with Gasteiger partial charge in [-0.25, -0.2) is 13.6 Å². The monoisotopic (exact) mass is 449 g/mol. The summed E-state index contributed by atoms with van der Waals surface area (Å²) in [4.78, 5) is 14.3. The summed E-state index contributed by atoms with van der Waals surface area (Å²) in [5, 5.41) is 2.99. The molecular formula is C24H33F2N3O3. The van der Waals surface area contributed by atoms with Crippen LogP contribution in [-0.2, 0) is 6.54 Å². The molecule has 3 N–H and O–H groups in total. The summed E-state index contributed by atoms with van der Waals surface area (Å²) in [6.07, 6.45) is -1.37. The minimum Gasteiger partial charge on any atom is -0.493 e. The molecule has 2 aromatic carbocycles. The van der Waals surface area contributed by atoms with E-state index in [0.29, 0.717) is 42.6 Å². The lowest BCUT2D eigenvalue weighted by atomic mass is 10.0. The van der Waals surface area contributed by atoms with E-state index in [2.05, 4.69) is 24.9 Å². The number of nitrogens with zero attached hydrogens (tertiary/aromatic N) is 1. The first-order chi connectivity index (χ1) is 15.4. The van der Waals surface area contributed by atoms with Crippen LogP contribution in [0.2, 0.25) is 0 Å². The number of carbonyl (C=O) groups is 1. The lowest BCUT2D eigenvalue weighted by molar-refractivity contribution is 0.0742. The number of rotatable bonds is 7. The highest BCUT2D eigenvalue weighted by molar-refractivity contribution is 5.71. The average Bonchev–Trinajstić information content (AvgIpc) is 2.80. The van der Waals surface area contributed by atoms with E-state index in [1.807, 2.05) is 0 Å². The first-order valence-electron chi connectivity index (χ1n) is 10.8. The van der Waals surface area contributed by atoms with E-state index in [9.17, 15) is 13.6 Å². The fourth-order valence-electron chi connectivity index (χ4n) is 3.29. The number of carbonyl (C=O) groups excluding carboxylic acids is 1. The van der Waals surface area contributed by atoms with Crippen molar-refractivity contribution in [2.24, 2.45) is 11.7 Å². The van der Waals surface area contributed by atoms with Crippen molar-refractivity contribution in [1.82, 2.24) is 10.2 Å². The molecular weight excluding hydrogens is 416 g/mol. The van der Waals surface area contributed by atoms with Crippen LogP contribution in [0.5, 0.6) is 11.5 Å². The van der Waals surface area contributed by atoms with Crippen LogP contribution < -0.4 is 20.5 Å². The highest BCUT2D eigenvalue weighted by Gasteiger charge is 2.34. The third-order valence-corrected chi connectivity index (χ3v) is 4.89. The number of piperidine rings is 1. The maximum Gasteiger partial charge on any atom is 0.415 e. The Hall–Kier alpha value is -2.71. The fraction of sp³-hybridized carbons (Fsp3) is 0.458. The van der Waals surface area contributed by atoms with Crippen LogP contribution in [0.25, 0.3) is 0 Å². The molecule has 1 aliphatic heterocycles. The molecule has 0 unspecified atom stereocenters. The zero-order valence-electron chi connectivity index (χ0n) is 18.9. The number of benzene rings is 2. The van der Waals surface area contributed by atoms with Gasteiger partial charge in [0.25, 0.3) is 0 Å². The minimum absolute atomic E-state index is 0.139. The van der Waals surface area contributed by atoms with Crippen LogP contribution >= 0.6 is 0 Å². The molecule has 2 atom stereocenters. The molecule has 0 aromatic heterocycles. The van der Waals surface area contributed by atoms with Crippen LogP contribution in [0.4, 0.5) is 13.6 Å². The van der Waals surface area contributed by atoms with Gasteiger partial charge in [0.15, 0.2) is 0 Å². The van der Waals surface area contributed by atoms with Gasteiger partial charge >= 0.3 is 6.09 Å². The molecule has 3 rings (SSSR count). The van der Waals surface area contributed by atoms with Gasteiger partial charge in [0, 0.05) is 13.1 Å². The van der Waals surface area contributed by atoms with Crippen molar-refractivity contribution in [3.8, 4) is 11.5 Å². The van der Waals surface area contributed by atoms with Gasteiger partial charge in [0.05, 0.1) is 12.6 Å². The second-order valence-corrected chi connectivity index (χ2v) is 7.87. The fourth-order valence-corrected chi connectivity index (χ4v) is 3.29. The first kappa shape index (κ1) is 25.5. The molecule has 0 saturated carbocycles. The summed E-state index contributed by atoms with van der Waals surface area (Å²) in [6, 6.07) is 12.0. The molecule has 0 aliphatic carbocycles. The summed E-state index contributed by atoms with van der Waals surface area (Å²) >= 11 is 0. The standard InChI is InChI=1S/C23H28F2N2O3.CH5N/c1-16(2)15-29-19-7-9-20(10-8-19)30-23(28)27(22-11-12-26-13-21(22)25)14-17-3-5-18(24)6-4-17;1-2/h3-10,16,21-22,26H,11-15H2,1-2H3;2H2,1H3/t21-,22+;/m0./s1. The zero-order valence-corrected chi connectivity index (χ0v) is 18.9. The van der Waals surface area contributed by atoms with E-state index >= 15 is 0 Å². The van der Waals surface area contributed by atoms with Crippen LogP contribution in [0.1, 0.15) is 25.8 Å². The number of hydrogen-bond donors (Lipinski definition) is 2. The molecule has 0 bridgehead atoms. The summed E-state index contributed by atoms with van der Waals surface area (Å²) in [7, 11) is 1.50. The van der Waals surface area contributed by atoms with E-state index < -0.39 is 18.3 Å².